The van der Waals surface area contributed by atoms with Crippen LogP contribution in [0, 0.1) is 5.92 Å². The van der Waals surface area contributed by atoms with Crippen LogP contribution in [0.4, 0.5) is 0 Å². The van der Waals surface area contributed by atoms with E-state index < -0.39 is 0 Å². The molecule has 114 valence electrons. The van der Waals surface area contributed by atoms with E-state index in [1.807, 2.05) is 23.9 Å². The standard InChI is InChI=1S/C16H18BrClO2S/c17-13-2-1-11(9-14(13)18)15(19)12-3-6-20-16(10-12)4-7-21-8-5-16/h1-2,9,12H,3-8,10H2. The van der Waals surface area contributed by atoms with Crippen LogP contribution in [-0.2, 0) is 4.74 Å². The molecule has 21 heavy (non-hydrogen) atoms. The number of carbonyl (C=O) groups is 1. The fraction of sp³-hybridized carbons (Fsp3) is 0.562. The molecule has 0 bridgehead atoms. The summed E-state index contributed by atoms with van der Waals surface area (Å²) in [6.45, 7) is 0.700. The predicted octanol–water partition coefficient (Wildman–Crippen LogP) is 4.98. The monoisotopic (exact) mass is 388 g/mol. The Morgan fingerprint density at radius 1 is 1.38 bits per heavy atom. The van der Waals surface area contributed by atoms with Crippen molar-refractivity contribution in [3.8, 4) is 0 Å². The zero-order valence-electron chi connectivity index (χ0n) is 11.7. The van der Waals surface area contributed by atoms with Gasteiger partial charge in [0, 0.05) is 22.6 Å². The van der Waals surface area contributed by atoms with E-state index in [4.69, 9.17) is 16.3 Å². The van der Waals surface area contributed by atoms with Gasteiger partial charge in [-0.25, -0.2) is 0 Å². The van der Waals surface area contributed by atoms with Gasteiger partial charge in [-0.1, -0.05) is 17.7 Å². The van der Waals surface area contributed by atoms with Gasteiger partial charge in [0.25, 0.3) is 0 Å². The first-order valence-electron chi connectivity index (χ1n) is 7.31. The first kappa shape index (κ1) is 15.9. The van der Waals surface area contributed by atoms with Crippen molar-refractivity contribution < 1.29 is 9.53 Å². The molecule has 0 saturated carbocycles. The molecule has 0 radical (unpaired) electrons. The predicted molar refractivity (Wildman–Crippen MR) is 91.4 cm³/mol. The first-order chi connectivity index (χ1) is 10.1. The smallest absolute Gasteiger partial charge is 0.166 e. The summed E-state index contributed by atoms with van der Waals surface area (Å²) in [6, 6.07) is 5.48. The van der Waals surface area contributed by atoms with Gasteiger partial charge in [0.15, 0.2) is 5.78 Å². The van der Waals surface area contributed by atoms with Gasteiger partial charge in [0.2, 0.25) is 0 Å². The Bertz CT molecular complexity index is 538. The van der Waals surface area contributed by atoms with Gasteiger partial charge in [-0.3, -0.25) is 4.79 Å². The molecular weight excluding hydrogens is 372 g/mol. The normalized spacial score (nSPS) is 25.0. The molecule has 1 atom stereocenters. The molecule has 0 aromatic heterocycles. The molecule has 2 heterocycles. The highest BCUT2D eigenvalue weighted by Crippen LogP contribution is 2.40. The summed E-state index contributed by atoms with van der Waals surface area (Å²) in [6.07, 6.45) is 3.83. The molecule has 2 saturated heterocycles. The molecule has 2 nitrogen and oxygen atoms in total. The second-order valence-electron chi connectivity index (χ2n) is 5.83. The van der Waals surface area contributed by atoms with Crippen LogP contribution in [0.3, 0.4) is 0 Å². The number of hydrogen-bond acceptors (Lipinski definition) is 3. The minimum atomic E-state index is -0.0526. The fourth-order valence-electron chi connectivity index (χ4n) is 3.23. The van der Waals surface area contributed by atoms with E-state index in [-0.39, 0.29) is 17.3 Å². The maximum atomic E-state index is 12.8. The van der Waals surface area contributed by atoms with E-state index >= 15 is 0 Å². The maximum absolute atomic E-state index is 12.8. The number of Topliss-reactive ketones (excluding diaryl/α,β-unsaturated/α-hetero) is 1. The van der Waals surface area contributed by atoms with Crippen molar-refractivity contribution >= 4 is 45.1 Å². The molecular formula is C16H18BrClO2S. The Morgan fingerprint density at radius 3 is 2.86 bits per heavy atom. The number of hydrogen-bond donors (Lipinski definition) is 0. The van der Waals surface area contributed by atoms with E-state index in [0.29, 0.717) is 11.6 Å². The van der Waals surface area contributed by atoms with Crippen molar-refractivity contribution in [2.45, 2.75) is 31.3 Å². The number of rotatable bonds is 2. The Labute approximate surface area is 143 Å². The Balaban J connectivity index is 1.76. The number of halogens is 2. The summed E-state index contributed by atoms with van der Waals surface area (Å²) < 4.78 is 6.89. The van der Waals surface area contributed by atoms with Crippen LogP contribution in [0.15, 0.2) is 22.7 Å². The Kier molecular flexibility index (Phi) is 4.99. The van der Waals surface area contributed by atoms with Crippen molar-refractivity contribution in [3.05, 3.63) is 33.3 Å². The highest BCUT2D eigenvalue weighted by atomic mass is 79.9. The van der Waals surface area contributed by atoms with E-state index in [1.54, 1.807) is 6.07 Å². The molecule has 0 amide bonds. The van der Waals surface area contributed by atoms with E-state index in [2.05, 4.69) is 15.9 Å². The van der Waals surface area contributed by atoms with Crippen LogP contribution < -0.4 is 0 Å². The minimum Gasteiger partial charge on any atom is -0.375 e. The number of ketones is 1. The number of benzene rings is 1. The third-order valence-electron chi connectivity index (χ3n) is 4.47. The number of thioether (sulfide) groups is 1. The summed E-state index contributed by atoms with van der Waals surface area (Å²) in [7, 11) is 0. The summed E-state index contributed by atoms with van der Waals surface area (Å²) in [5.74, 6) is 2.57. The van der Waals surface area contributed by atoms with E-state index in [0.717, 1.165) is 47.2 Å². The average molecular weight is 390 g/mol. The third-order valence-corrected chi connectivity index (χ3v) is 6.69. The summed E-state index contributed by atoms with van der Waals surface area (Å²) >= 11 is 11.5. The fourth-order valence-corrected chi connectivity index (χ4v) is 4.89. The number of carbonyl (C=O) groups excluding carboxylic acids is 1. The lowest BCUT2D eigenvalue weighted by Crippen LogP contribution is -2.44. The van der Waals surface area contributed by atoms with Crippen molar-refractivity contribution in [1.29, 1.82) is 0 Å². The molecule has 2 fully saturated rings. The van der Waals surface area contributed by atoms with E-state index in [9.17, 15) is 4.79 Å². The molecule has 1 spiro atoms. The van der Waals surface area contributed by atoms with E-state index in [1.165, 1.54) is 0 Å². The molecule has 1 unspecified atom stereocenters. The molecule has 1 aromatic rings. The van der Waals surface area contributed by atoms with Gasteiger partial charge >= 0.3 is 0 Å². The Hall–Kier alpha value is -0.0300. The lowest BCUT2D eigenvalue weighted by Gasteiger charge is -2.42. The lowest BCUT2D eigenvalue weighted by atomic mass is 9.79. The maximum Gasteiger partial charge on any atom is 0.166 e. The molecule has 3 rings (SSSR count). The van der Waals surface area contributed by atoms with Crippen LogP contribution in [0.1, 0.15) is 36.0 Å². The highest BCUT2D eigenvalue weighted by molar-refractivity contribution is 9.10. The van der Waals surface area contributed by atoms with Crippen molar-refractivity contribution in [1.82, 2.24) is 0 Å². The van der Waals surface area contributed by atoms with Crippen LogP contribution in [-0.4, -0.2) is 29.5 Å². The quantitative estimate of drug-likeness (QED) is 0.667. The molecule has 0 aliphatic carbocycles. The zero-order chi connectivity index (χ0) is 14.9. The molecule has 1 aromatic carbocycles. The minimum absolute atomic E-state index is 0.0526. The van der Waals surface area contributed by atoms with Crippen LogP contribution in [0.25, 0.3) is 0 Å². The number of ether oxygens (including phenoxy) is 1. The van der Waals surface area contributed by atoms with Gasteiger partial charge in [0.1, 0.15) is 0 Å². The Morgan fingerprint density at radius 2 is 2.14 bits per heavy atom. The average Bonchev–Trinajstić information content (AvgIpc) is 2.50. The topological polar surface area (TPSA) is 26.3 Å². The van der Waals surface area contributed by atoms with Crippen molar-refractivity contribution in [3.63, 3.8) is 0 Å². The van der Waals surface area contributed by atoms with Gasteiger partial charge in [-0.2, -0.15) is 11.8 Å². The third kappa shape index (κ3) is 3.49. The van der Waals surface area contributed by atoms with Crippen molar-refractivity contribution in [2.75, 3.05) is 18.1 Å². The van der Waals surface area contributed by atoms with Crippen molar-refractivity contribution in [2.24, 2.45) is 5.92 Å². The molecule has 5 heteroatoms. The zero-order valence-corrected chi connectivity index (χ0v) is 14.9. The first-order valence-corrected chi connectivity index (χ1v) is 9.63. The molecule has 0 N–H and O–H groups in total. The van der Waals surface area contributed by atoms with Crippen LogP contribution in [0.2, 0.25) is 5.02 Å². The van der Waals surface area contributed by atoms with Crippen LogP contribution >= 0.6 is 39.3 Å². The summed E-state index contributed by atoms with van der Waals surface area (Å²) in [5, 5.41) is 0.594. The highest BCUT2D eigenvalue weighted by Gasteiger charge is 2.41. The second-order valence-corrected chi connectivity index (χ2v) is 8.31. The summed E-state index contributed by atoms with van der Waals surface area (Å²) in [5.41, 5.74) is 0.665. The van der Waals surface area contributed by atoms with Gasteiger partial charge in [0.05, 0.1) is 10.6 Å². The molecule has 2 aliphatic heterocycles. The largest absolute Gasteiger partial charge is 0.375 e. The lowest BCUT2D eigenvalue weighted by molar-refractivity contribution is -0.0959. The van der Waals surface area contributed by atoms with Gasteiger partial charge in [-0.05, 0) is 65.3 Å². The van der Waals surface area contributed by atoms with Crippen LogP contribution in [0.5, 0.6) is 0 Å². The van der Waals surface area contributed by atoms with Gasteiger partial charge < -0.3 is 4.74 Å². The SMILES string of the molecule is O=C(c1ccc(Br)c(Cl)c1)C1CCOC2(CCSCC2)C1. The molecule has 2 aliphatic rings. The van der Waals surface area contributed by atoms with Gasteiger partial charge in [-0.15, -0.1) is 0 Å². The summed E-state index contributed by atoms with van der Waals surface area (Å²) in [4.78, 5) is 12.8. The second kappa shape index (κ2) is 6.61.